The summed E-state index contributed by atoms with van der Waals surface area (Å²) >= 11 is 0. The maximum atomic E-state index is 13.6. The van der Waals surface area contributed by atoms with Crippen LogP contribution in [0.2, 0.25) is 0 Å². The molecule has 1 fully saturated rings. The Morgan fingerprint density at radius 2 is 1.95 bits per heavy atom. The third-order valence-corrected chi connectivity index (χ3v) is 8.81. The van der Waals surface area contributed by atoms with Crippen LogP contribution in [0.1, 0.15) is 56.2 Å². The number of carbonyl (C=O) groups is 3. The summed E-state index contributed by atoms with van der Waals surface area (Å²) in [5, 5.41) is 15.9. The van der Waals surface area contributed by atoms with Gasteiger partial charge in [0.15, 0.2) is 17.3 Å². The molecule has 3 aromatic rings. The van der Waals surface area contributed by atoms with Crippen molar-refractivity contribution in [1.82, 2.24) is 19.9 Å². The van der Waals surface area contributed by atoms with Crippen molar-refractivity contribution in [2.45, 2.75) is 63.6 Å². The van der Waals surface area contributed by atoms with E-state index < -0.39 is 56.5 Å². The number of carbonyl (C=O) groups excluding carboxylic acids is 3. The van der Waals surface area contributed by atoms with Crippen molar-refractivity contribution in [2.24, 2.45) is 5.92 Å². The lowest BCUT2D eigenvalue weighted by molar-refractivity contribution is -0.131. The molecule has 0 spiro atoms. The lowest BCUT2D eigenvalue weighted by Crippen LogP contribution is -2.60. The van der Waals surface area contributed by atoms with E-state index in [1.165, 1.54) is 18.3 Å². The zero-order chi connectivity index (χ0) is 29.2. The van der Waals surface area contributed by atoms with E-state index in [0.29, 0.717) is 11.1 Å². The number of para-hydroxylation sites is 1. The molecule has 1 aliphatic rings. The number of sulfonamides is 1. The lowest BCUT2D eigenvalue weighted by Gasteiger charge is -2.32. The van der Waals surface area contributed by atoms with Crippen LogP contribution in [0, 0.1) is 12.8 Å². The van der Waals surface area contributed by atoms with Crippen molar-refractivity contribution in [1.29, 1.82) is 0 Å². The molecule has 1 aromatic carbocycles. The minimum absolute atomic E-state index is 0.0157. The topological polar surface area (TPSA) is 159 Å². The summed E-state index contributed by atoms with van der Waals surface area (Å²) < 4.78 is 32.9. The molecule has 1 saturated heterocycles. The molecular formula is C28H34N4O7S. The predicted octanol–water partition coefficient (Wildman–Crippen LogP) is 2.92. The third kappa shape index (κ3) is 5.87. The highest BCUT2D eigenvalue weighted by molar-refractivity contribution is 7.89. The number of furan rings is 1. The van der Waals surface area contributed by atoms with E-state index in [-0.39, 0.29) is 37.5 Å². The van der Waals surface area contributed by atoms with Gasteiger partial charge in [0.05, 0.1) is 12.6 Å². The van der Waals surface area contributed by atoms with E-state index in [4.69, 9.17) is 4.42 Å². The molecule has 0 saturated carbocycles. The summed E-state index contributed by atoms with van der Waals surface area (Å²) in [4.78, 5) is 43.8. The van der Waals surface area contributed by atoms with E-state index in [0.717, 1.165) is 9.69 Å². The summed E-state index contributed by atoms with van der Waals surface area (Å²) in [6.45, 7) is 6.72. The Balaban J connectivity index is 1.51. The first-order valence-electron chi connectivity index (χ1n) is 13.1. The molecule has 0 aliphatic carbocycles. The van der Waals surface area contributed by atoms with Crippen molar-refractivity contribution in [3.8, 4) is 5.75 Å². The van der Waals surface area contributed by atoms with Crippen molar-refractivity contribution >= 4 is 38.6 Å². The highest BCUT2D eigenvalue weighted by atomic mass is 32.2. The molecule has 40 heavy (non-hydrogen) atoms. The van der Waals surface area contributed by atoms with Crippen molar-refractivity contribution in [3.63, 3.8) is 0 Å². The number of aromatic nitrogens is 1. The average Bonchev–Trinajstić information content (AvgIpc) is 3.11. The number of fused-ring (bicyclic) bond motifs is 1. The number of hydrogen-bond acceptors (Lipinski definition) is 8. The summed E-state index contributed by atoms with van der Waals surface area (Å²) in [6.07, 6.45) is 2.02. The number of Topliss-reactive ketones (excluding diaryl/α,β-unsaturated/α-hetero) is 1. The first kappa shape index (κ1) is 29.2. The van der Waals surface area contributed by atoms with Gasteiger partial charge in [0.25, 0.3) is 15.9 Å². The van der Waals surface area contributed by atoms with Crippen LogP contribution in [0.5, 0.6) is 5.75 Å². The standard InChI is InChI=1S/C28H34N4O7S/c1-17(2)15-28(4,31-25(35)24-18(3)19-9-5-6-12-23(19)39-24)27(36)30-20-10-8-14-32(16-22(20)34)40(37,38)26-21(33)11-7-13-29-26/h5-7,9,11-13,17,20,33H,8,10,14-16H2,1-4H3,(H,30,36)(H,31,35). The van der Waals surface area contributed by atoms with Gasteiger partial charge < -0.3 is 20.2 Å². The Morgan fingerprint density at radius 3 is 2.62 bits per heavy atom. The minimum Gasteiger partial charge on any atom is -0.505 e. The van der Waals surface area contributed by atoms with Gasteiger partial charge in [-0.1, -0.05) is 32.0 Å². The molecule has 214 valence electrons. The number of amides is 2. The fourth-order valence-corrected chi connectivity index (χ4v) is 6.53. The molecular weight excluding hydrogens is 536 g/mol. The second kappa shape index (κ2) is 11.4. The SMILES string of the molecule is Cc1c(C(=O)NC(C)(CC(C)C)C(=O)NC2CCCN(S(=O)(=O)c3ncccc3O)CC2=O)oc2ccccc12. The molecule has 2 amide bonds. The largest absolute Gasteiger partial charge is 0.505 e. The van der Waals surface area contributed by atoms with Gasteiger partial charge >= 0.3 is 0 Å². The second-order valence-electron chi connectivity index (χ2n) is 10.7. The molecule has 4 rings (SSSR count). The highest BCUT2D eigenvalue weighted by Gasteiger charge is 2.40. The maximum absolute atomic E-state index is 13.6. The van der Waals surface area contributed by atoms with Gasteiger partial charge in [-0.15, -0.1) is 0 Å². The van der Waals surface area contributed by atoms with Crippen molar-refractivity contribution < 1.29 is 32.3 Å². The van der Waals surface area contributed by atoms with Crippen LogP contribution in [0.3, 0.4) is 0 Å². The number of ketones is 1. The van der Waals surface area contributed by atoms with Crippen LogP contribution >= 0.6 is 0 Å². The second-order valence-corrected chi connectivity index (χ2v) is 12.6. The van der Waals surface area contributed by atoms with Crippen LogP contribution < -0.4 is 10.6 Å². The van der Waals surface area contributed by atoms with Gasteiger partial charge in [0.2, 0.25) is 10.9 Å². The van der Waals surface area contributed by atoms with Gasteiger partial charge in [0.1, 0.15) is 11.1 Å². The van der Waals surface area contributed by atoms with Gasteiger partial charge in [0, 0.05) is 23.7 Å². The molecule has 2 atom stereocenters. The fraction of sp³-hybridized carbons (Fsp3) is 0.429. The molecule has 0 bridgehead atoms. The number of pyridine rings is 1. The quantitative estimate of drug-likeness (QED) is 0.373. The van der Waals surface area contributed by atoms with E-state index >= 15 is 0 Å². The number of nitrogens with one attached hydrogen (secondary N) is 2. The van der Waals surface area contributed by atoms with Crippen molar-refractivity contribution in [2.75, 3.05) is 13.1 Å². The van der Waals surface area contributed by atoms with Gasteiger partial charge in [-0.2, -0.15) is 4.31 Å². The predicted molar refractivity (Wildman–Crippen MR) is 147 cm³/mol. The van der Waals surface area contributed by atoms with E-state index in [1.54, 1.807) is 26.0 Å². The molecule has 2 unspecified atom stereocenters. The molecule has 3 N–H and O–H groups in total. The Bertz CT molecular complexity index is 1550. The minimum atomic E-state index is -4.24. The summed E-state index contributed by atoms with van der Waals surface area (Å²) in [7, 11) is -4.24. The van der Waals surface area contributed by atoms with Crippen LogP contribution in [0.15, 0.2) is 52.0 Å². The number of aryl methyl sites for hydroxylation is 1. The van der Waals surface area contributed by atoms with E-state index in [9.17, 15) is 27.9 Å². The van der Waals surface area contributed by atoms with Gasteiger partial charge in [-0.05, 0) is 57.2 Å². The fourth-order valence-electron chi connectivity index (χ4n) is 5.09. The highest BCUT2D eigenvalue weighted by Crippen LogP contribution is 2.27. The summed E-state index contributed by atoms with van der Waals surface area (Å²) in [5.41, 5.74) is -0.170. The third-order valence-electron chi connectivity index (χ3n) is 7.02. The number of hydrogen-bond donors (Lipinski definition) is 3. The molecule has 2 aromatic heterocycles. The first-order valence-corrected chi connectivity index (χ1v) is 14.6. The average molecular weight is 571 g/mol. The normalized spacial score (nSPS) is 18.3. The van der Waals surface area contributed by atoms with Crippen LogP contribution in [-0.2, 0) is 19.6 Å². The van der Waals surface area contributed by atoms with E-state index in [2.05, 4.69) is 15.6 Å². The molecule has 11 nitrogen and oxygen atoms in total. The zero-order valence-electron chi connectivity index (χ0n) is 22.9. The molecule has 12 heteroatoms. The Morgan fingerprint density at radius 1 is 1.23 bits per heavy atom. The van der Waals surface area contributed by atoms with Crippen molar-refractivity contribution in [3.05, 3.63) is 53.9 Å². The van der Waals surface area contributed by atoms with E-state index in [1.807, 2.05) is 26.0 Å². The Hall–Kier alpha value is -3.77. The molecule has 3 heterocycles. The van der Waals surface area contributed by atoms with Gasteiger partial charge in [-0.25, -0.2) is 13.4 Å². The Kier molecular flexibility index (Phi) is 8.31. The van der Waals surface area contributed by atoms with Crippen LogP contribution in [0.25, 0.3) is 11.0 Å². The number of benzene rings is 1. The number of nitrogens with zero attached hydrogens (tertiary/aromatic N) is 2. The van der Waals surface area contributed by atoms with Crippen LogP contribution in [-0.4, -0.2) is 65.1 Å². The summed E-state index contributed by atoms with van der Waals surface area (Å²) in [5.74, 6) is -2.00. The number of aromatic hydroxyl groups is 1. The van der Waals surface area contributed by atoms with Gasteiger partial charge in [-0.3, -0.25) is 14.4 Å². The molecule has 1 aliphatic heterocycles. The maximum Gasteiger partial charge on any atom is 0.288 e. The Labute approximate surface area is 233 Å². The first-order chi connectivity index (χ1) is 18.8. The monoisotopic (exact) mass is 570 g/mol. The molecule has 0 radical (unpaired) electrons. The van der Waals surface area contributed by atoms with Crippen LogP contribution in [0.4, 0.5) is 0 Å². The lowest BCUT2D eigenvalue weighted by atomic mass is 9.88. The smallest absolute Gasteiger partial charge is 0.288 e. The number of rotatable bonds is 8. The zero-order valence-corrected chi connectivity index (χ0v) is 23.7. The summed E-state index contributed by atoms with van der Waals surface area (Å²) in [6, 6.07) is 8.91.